The van der Waals surface area contributed by atoms with E-state index in [0.29, 0.717) is 19.6 Å². The molecule has 0 aliphatic carbocycles. The molecule has 0 saturated carbocycles. The van der Waals surface area contributed by atoms with Crippen molar-refractivity contribution in [3.05, 3.63) is 0 Å². The molecule has 0 radical (unpaired) electrons. The second-order valence-electron chi connectivity index (χ2n) is 6.24. The molecule has 2 atom stereocenters. The molecule has 1 fully saturated rings. The van der Waals surface area contributed by atoms with Crippen LogP contribution in [0.2, 0.25) is 0 Å². The Morgan fingerprint density at radius 3 is 2.56 bits per heavy atom. The van der Waals surface area contributed by atoms with Gasteiger partial charge in [0.15, 0.2) is 9.84 Å². The van der Waals surface area contributed by atoms with Gasteiger partial charge in [0, 0.05) is 31.2 Å². The summed E-state index contributed by atoms with van der Waals surface area (Å²) >= 11 is 0. The van der Waals surface area contributed by atoms with Gasteiger partial charge in [0.1, 0.15) is 0 Å². The van der Waals surface area contributed by atoms with Crippen LogP contribution in [-0.4, -0.2) is 67.2 Å². The highest BCUT2D eigenvalue weighted by Crippen LogP contribution is 2.11. The summed E-state index contributed by atoms with van der Waals surface area (Å²) in [5.41, 5.74) is -0.0160. The van der Waals surface area contributed by atoms with Gasteiger partial charge in [-0.2, -0.15) is 0 Å². The lowest BCUT2D eigenvalue weighted by Crippen LogP contribution is -2.51. The van der Waals surface area contributed by atoms with Crippen LogP contribution in [0.5, 0.6) is 0 Å². The molecule has 0 aromatic carbocycles. The Balaban J connectivity index is 2.39. The van der Waals surface area contributed by atoms with Crippen molar-refractivity contribution >= 4 is 9.84 Å². The van der Waals surface area contributed by atoms with E-state index >= 15 is 0 Å². The summed E-state index contributed by atoms with van der Waals surface area (Å²) < 4.78 is 22.9. The van der Waals surface area contributed by atoms with Gasteiger partial charge in [0.25, 0.3) is 0 Å². The molecule has 0 aromatic heterocycles. The van der Waals surface area contributed by atoms with Crippen LogP contribution in [0.1, 0.15) is 27.7 Å². The Morgan fingerprint density at radius 2 is 2.06 bits per heavy atom. The fraction of sp³-hybridized carbons (Fsp3) is 1.00. The molecule has 5 nitrogen and oxygen atoms in total. The molecule has 1 rings (SSSR count). The van der Waals surface area contributed by atoms with Crippen LogP contribution < -0.4 is 5.32 Å². The number of hydrogen-bond acceptors (Lipinski definition) is 5. The second-order valence-corrected chi connectivity index (χ2v) is 8.47. The normalized spacial score (nSPS) is 27.1. The van der Waals surface area contributed by atoms with E-state index in [-0.39, 0.29) is 23.1 Å². The zero-order valence-electron chi connectivity index (χ0n) is 11.8. The van der Waals surface area contributed by atoms with Crippen molar-refractivity contribution in [2.24, 2.45) is 0 Å². The summed E-state index contributed by atoms with van der Waals surface area (Å²) in [5.74, 6) is 0.406. The predicted molar refractivity (Wildman–Crippen MR) is 73.5 cm³/mol. The minimum absolute atomic E-state index is 0.00645. The lowest BCUT2D eigenvalue weighted by Gasteiger charge is -2.35. The van der Waals surface area contributed by atoms with Gasteiger partial charge in [-0.25, -0.2) is 8.42 Å². The number of nitrogens with one attached hydrogen (secondary N) is 1. The van der Waals surface area contributed by atoms with E-state index in [2.05, 4.69) is 31.0 Å². The van der Waals surface area contributed by atoms with Crippen LogP contribution in [-0.2, 0) is 9.84 Å². The molecule has 6 heteroatoms. The Kier molecular flexibility index (Phi) is 5.17. The second kappa shape index (κ2) is 5.86. The van der Waals surface area contributed by atoms with E-state index in [1.807, 2.05) is 6.92 Å². The van der Waals surface area contributed by atoms with Crippen molar-refractivity contribution < 1.29 is 13.5 Å². The minimum atomic E-state index is -2.88. The molecule has 0 amide bonds. The highest BCUT2D eigenvalue weighted by atomic mass is 32.2. The molecule has 108 valence electrons. The number of hydrogen-bond donors (Lipinski definition) is 2. The van der Waals surface area contributed by atoms with E-state index in [4.69, 9.17) is 0 Å². The lowest BCUT2D eigenvalue weighted by molar-refractivity contribution is 0.0913. The largest absolute Gasteiger partial charge is 0.390 e. The fourth-order valence-corrected chi connectivity index (χ4v) is 3.69. The standard InChI is InChI=1S/C12H26N2O3S/c1-10-9-18(16,17)6-5-14(10)8-11(15)7-13-12(2,3)4/h10-11,13,15H,5-9H2,1-4H3. The highest BCUT2D eigenvalue weighted by Gasteiger charge is 2.29. The number of aliphatic hydroxyl groups excluding tert-OH is 1. The predicted octanol–water partition coefficient (Wildman–Crippen LogP) is -0.146. The van der Waals surface area contributed by atoms with Crippen molar-refractivity contribution in [1.29, 1.82) is 0 Å². The van der Waals surface area contributed by atoms with Gasteiger partial charge in [-0.05, 0) is 27.7 Å². The molecular weight excluding hydrogens is 252 g/mol. The van der Waals surface area contributed by atoms with Gasteiger partial charge in [0.2, 0.25) is 0 Å². The zero-order chi connectivity index (χ0) is 14.0. The first kappa shape index (κ1) is 15.9. The lowest BCUT2D eigenvalue weighted by atomic mass is 10.1. The van der Waals surface area contributed by atoms with E-state index in [1.165, 1.54) is 0 Å². The molecular formula is C12H26N2O3S. The van der Waals surface area contributed by atoms with E-state index in [9.17, 15) is 13.5 Å². The summed E-state index contributed by atoms with van der Waals surface area (Å²) in [5, 5.41) is 13.2. The van der Waals surface area contributed by atoms with Crippen LogP contribution in [0, 0.1) is 0 Å². The van der Waals surface area contributed by atoms with Gasteiger partial charge in [-0.3, -0.25) is 4.90 Å². The van der Waals surface area contributed by atoms with Crippen molar-refractivity contribution in [3.8, 4) is 0 Å². The van der Waals surface area contributed by atoms with Crippen LogP contribution in [0.15, 0.2) is 0 Å². The first-order valence-corrected chi connectivity index (χ1v) is 8.29. The van der Waals surface area contributed by atoms with Crippen LogP contribution in [0.3, 0.4) is 0 Å². The van der Waals surface area contributed by atoms with Gasteiger partial charge in [0.05, 0.1) is 17.6 Å². The highest BCUT2D eigenvalue weighted by molar-refractivity contribution is 7.91. The Morgan fingerprint density at radius 1 is 1.44 bits per heavy atom. The molecule has 1 saturated heterocycles. The third kappa shape index (κ3) is 5.65. The first-order valence-electron chi connectivity index (χ1n) is 6.47. The average Bonchev–Trinajstić information content (AvgIpc) is 2.18. The Labute approximate surface area is 110 Å². The zero-order valence-corrected chi connectivity index (χ0v) is 12.6. The number of nitrogens with zero attached hydrogens (tertiary/aromatic N) is 1. The molecule has 0 bridgehead atoms. The molecule has 2 N–H and O–H groups in total. The SMILES string of the molecule is CC1CS(=O)(=O)CCN1CC(O)CNC(C)(C)C. The molecule has 1 aliphatic heterocycles. The van der Waals surface area contributed by atoms with Gasteiger partial charge in [-0.15, -0.1) is 0 Å². The molecule has 1 heterocycles. The smallest absolute Gasteiger partial charge is 0.153 e. The quantitative estimate of drug-likeness (QED) is 0.749. The number of aliphatic hydroxyl groups is 1. The Hall–Kier alpha value is -0.170. The van der Waals surface area contributed by atoms with Crippen molar-refractivity contribution in [2.45, 2.75) is 45.4 Å². The number of sulfone groups is 1. The van der Waals surface area contributed by atoms with E-state index < -0.39 is 15.9 Å². The minimum Gasteiger partial charge on any atom is -0.390 e. The average molecular weight is 278 g/mol. The van der Waals surface area contributed by atoms with Crippen LogP contribution in [0.4, 0.5) is 0 Å². The molecule has 1 aliphatic rings. The van der Waals surface area contributed by atoms with Crippen molar-refractivity contribution in [3.63, 3.8) is 0 Å². The maximum Gasteiger partial charge on any atom is 0.153 e. The van der Waals surface area contributed by atoms with Crippen molar-refractivity contribution in [1.82, 2.24) is 10.2 Å². The molecule has 18 heavy (non-hydrogen) atoms. The number of rotatable bonds is 4. The molecule has 2 unspecified atom stereocenters. The summed E-state index contributed by atoms with van der Waals surface area (Å²) in [7, 11) is -2.88. The van der Waals surface area contributed by atoms with Crippen LogP contribution in [0.25, 0.3) is 0 Å². The monoisotopic (exact) mass is 278 g/mol. The van der Waals surface area contributed by atoms with Crippen LogP contribution >= 0.6 is 0 Å². The topological polar surface area (TPSA) is 69.6 Å². The summed E-state index contributed by atoms with van der Waals surface area (Å²) in [6.45, 7) is 9.64. The Bertz CT molecular complexity index is 362. The maximum atomic E-state index is 11.4. The summed E-state index contributed by atoms with van der Waals surface area (Å²) in [6, 6.07) is -0.00645. The van der Waals surface area contributed by atoms with E-state index in [1.54, 1.807) is 0 Å². The van der Waals surface area contributed by atoms with Gasteiger partial charge in [-0.1, -0.05) is 0 Å². The van der Waals surface area contributed by atoms with Gasteiger partial charge < -0.3 is 10.4 Å². The van der Waals surface area contributed by atoms with E-state index in [0.717, 1.165) is 0 Å². The summed E-state index contributed by atoms with van der Waals surface area (Å²) in [6.07, 6.45) is -0.465. The first-order chi connectivity index (χ1) is 8.09. The fourth-order valence-electron chi connectivity index (χ4n) is 2.06. The van der Waals surface area contributed by atoms with Crippen molar-refractivity contribution in [2.75, 3.05) is 31.1 Å². The summed E-state index contributed by atoms with van der Waals surface area (Å²) in [4.78, 5) is 2.05. The number of β-amino-alcohol motifs (C(OH)–C–C–N with tert-alkyl or cyclic N) is 1. The third-order valence-electron chi connectivity index (χ3n) is 3.12. The molecule has 0 spiro atoms. The maximum absolute atomic E-state index is 11.4. The molecule has 0 aromatic rings. The third-order valence-corrected chi connectivity index (χ3v) is 4.92. The van der Waals surface area contributed by atoms with Gasteiger partial charge >= 0.3 is 0 Å².